The van der Waals surface area contributed by atoms with Crippen molar-refractivity contribution in [2.45, 2.75) is 26.4 Å². The van der Waals surface area contributed by atoms with E-state index in [1.165, 1.54) is 0 Å². The minimum atomic E-state index is 0.647. The summed E-state index contributed by atoms with van der Waals surface area (Å²) >= 11 is 3.36. The Labute approximate surface area is 115 Å². The van der Waals surface area contributed by atoms with E-state index < -0.39 is 0 Å². The molecule has 2 aromatic rings. The van der Waals surface area contributed by atoms with Crippen LogP contribution in [0, 0.1) is 0 Å². The van der Waals surface area contributed by atoms with Crippen LogP contribution in [0.1, 0.15) is 24.7 Å². The van der Waals surface area contributed by atoms with Crippen LogP contribution in [0.25, 0.3) is 0 Å². The van der Waals surface area contributed by atoms with Gasteiger partial charge in [-0.1, -0.05) is 12.1 Å². The molecule has 0 radical (unpaired) electrons. The Balaban J connectivity index is 1.91. The highest BCUT2D eigenvalue weighted by Gasteiger charge is 2.02. The largest absolute Gasteiger partial charge is 0.311 e. The van der Waals surface area contributed by atoms with Gasteiger partial charge in [-0.25, -0.2) is 4.68 Å². The summed E-state index contributed by atoms with van der Waals surface area (Å²) in [6, 6.07) is 3.95. The van der Waals surface area contributed by atoms with Crippen LogP contribution in [0.2, 0.25) is 0 Å². The van der Waals surface area contributed by atoms with E-state index in [0.717, 1.165) is 35.4 Å². The van der Waals surface area contributed by atoms with Gasteiger partial charge in [-0.15, -0.1) is 5.10 Å². The monoisotopic (exact) mass is 309 g/mol. The first-order valence-electron chi connectivity index (χ1n) is 5.98. The number of hydrogen-bond donors (Lipinski definition) is 1. The van der Waals surface area contributed by atoms with Crippen LogP contribution in [0.5, 0.6) is 0 Å². The second-order valence-corrected chi connectivity index (χ2v) is 4.97. The van der Waals surface area contributed by atoms with Crippen molar-refractivity contribution in [1.82, 2.24) is 25.3 Å². The van der Waals surface area contributed by atoms with Gasteiger partial charge in [-0.2, -0.15) is 0 Å². The van der Waals surface area contributed by atoms with Gasteiger partial charge in [0.25, 0.3) is 0 Å². The fourth-order valence-corrected chi connectivity index (χ4v) is 1.79. The zero-order valence-corrected chi connectivity index (χ0v) is 11.9. The molecule has 1 N–H and O–H groups in total. The van der Waals surface area contributed by atoms with Gasteiger partial charge >= 0.3 is 0 Å². The van der Waals surface area contributed by atoms with Gasteiger partial charge < -0.3 is 5.32 Å². The van der Waals surface area contributed by atoms with E-state index in [1.54, 1.807) is 10.9 Å². The van der Waals surface area contributed by atoms with Crippen molar-refractivity contribution in [3.8, 4) is 0 Å². The molecule has 0 unspecified atom stereocenters. The number of halogens is 1. The predicted molar refractivity (Wildman–Crippen MR) is 73.1 cm³/mol. The lowest BCUT2D eigenvalue weighted by Gasteiger charge is -2.00. The van der Waals surface area contributed by atoms with Crippen LogP contribution < -0.4 is 5.32 Å². The van der Waals surface area contributed by atoms with Gasteiger partial charge in [0.15, 0.2) is 0 Å². The van der Waals surface area contributed by atoms with E-state index in [4.69, 9.17) is 0 Å². The normalized spacial score (nSPS) is 10.8. The molecule has 0 fully saturated rings. The smallest absolute Gasteiger partial charge is 0.0964 e. The molecule has 0 aliphatic rings. The number of hydrogen-bond acceptors (Lipinski definition) is 4. The van der Waals surface area contributed by atoms with Crippen molar-refractivity contribution in [2.24, 2.45) is 0 Å². The van der Waals surface area contributed by atoms with E-state index in [9.17, 15) is 0 Å². The molecule has 0 atom stereocenters. The molecule has 0 saturated heterocycles. The first kappa shape index (κ1) is 13.2. The minimum absolute atomic E-state index is 0.647. The third-order valence-corrected chi connectivity index (χ3v) is 2.90. The molecule has 0 saturated carbocycles. The van der Waals surface area contributed by atoms with E-state index >= 15 is 0 Å². The Morgan fingerprint density at radius 2 is 2.22 bits per heavy atom. The fraction of sp³-hybridized carbons (Fsp3) is 0.417. The number of nitrogens with zero attached hydrogens (tertiary/aromatic N) is 4. The molecule has 2 heterocycles. The lowest BCUT2D eigenvalue weighted by Crippen LogP contribution is -2.13. The van der Waals surface area contributed by atoms with Crippen molar-refractivity contribution in [2.75, 3.05) is 6.54 Å². The molecule has 0 aliphatic heterocycles. The average molecular weight is 310 g/mol. The van der Waals surface area contributed by atoms with Crippen molar-refractivity contribution >= 4 is 15.9 Å². The van der Waals surface area contributed by atoms with Crippen LogP contribution in [0.3, 0.4) is 0 Å². The second kappa shape index (κ2) is 6.61. The summed E-state index contributed by atoms with van der Waals surface area (Å²) in [6.07, 6.45) is 4.86. The zero-order valence-electron chi connectivity index (χ0n) is 10.3. The van der Waals surface area contributed by atoms with Crippen LogP contribution in [0.4, 0.5) is 0 Å². The SMILES string of the molecule is CCCNCc1cn(Cc2ccc(Br)cn2)nn1. The first-order valence-corrected chi connectivity index (χ1v) is 6.77. The Morgan fingerprint density at radius 3 is 2.94 bits per heavy atom. The quantitative estimate of drug-likeness (QED) is 0.829. The lowest BCUT2D eigenvalue weighted by molar-refractivity contribution is 0.636. The minimum Gasteiger partial charge on any atom is -0.311 e. The highest BCUT2D eigenvalue weighted by atomic mass is 79.9. The number of aromatic nitrogens is 4. The number of rotatable bonds is 6. The molecular formula is C12H16BrN5. The van der Waals surface area contributed by atoms with Crippen LogP contribution >= 0.6 is 15.9 Å². The van der Waals surface area contributed by atoms with E-state index in [-0.39, 0.29) is 0 Å². The van der Waals surface area contributed by atoms with Gasteiger partial charge in [-0.05, 0) is 41.0 Å². The summed E-state index contributed by atoms with van der Waals surface area (Å²) in [4.78, 5) is 4.31. The summed E-state index contributed by atoms with van der Waals surface area (Å²) in [5.74, 6) is 0. The van der Waals surface area contributed by atoms with Gasteiger partial charge in [0.05, 0.1) is 24.1 Å². The third-order valence-electron chi connectivity index (χ3n) is 2.43. The topological polar surface area (TPSA) is 55.6 Å². The maximum atomic E-state index is 4.31. The molecule has 0 amide bonds. The molecule has 0 bridgehead atoms. The van der Waals surface area contributed by atoms with E-state index in [0.29, 0.717) is 6.54 Å². The Bertz CT molecular complexity index is 479. The first-order chi connectivity index (χ1) is 8.78. The molecule has 18 heavy (non-hydrogen) atoms. The zero-order chi connectivity index (χ0) is 12.8. The van der Waals surface area contributed by atoms with Crippen LogP contribution in [-0.2, 0) is 13.1 Å². The Hall–Kier alpha value is -1.27. The van der Waals surface area contributed by atoms with Crippen molar-refractivity contribution in [1.29, 1.82) is 0 Å². The molecule has 96 valence electrons. The highest BCUT2D eigenvalue weighted by molar-refractivity contribution is 9.10. The summed E-state index contributed by atoms with van der Waals surface area (Å²) in [5, 5.41) is 11.5. The van der Waals surface area contributed by atoms with Gasteiger partial charge in [-0.3, -0.25) is 4.98 Å². The van der Waals surface area contributed by atoms with Crippen molar-refractivity contribution in [3.05, 3.63) is 40.4 Å². The van der Waals surface area contributed by atoms with Crippen molar-refractivity contribution in [3.63, 3.8) is 0 Å². The number of nitrogens with one attached hydrogen (secondary N) is 1. The van der Waals surface area contributed by atoms with E-state index in [2.05, 4.69) is 43.5 Å². The second-order valence-electron chi connectivity index (χ2n) is 4.05. The molecule has 5 nitrogen and oxygen atoms in total. The maximum absolute atomic E-state index is 4.31. The van der Waals surface area contributed by atoms with Gasteiger partial charge in [0.2, 0.25) is 0 Å². The van der Waals surface area contributed by atoms with Crippen LogP contribution in [-0.4, -0.2) is 26.5 Å². The lowest BCUT2D eigenvalue weighted by atomic mass is 10.3. The Morgan fingerprint density at radius 1 is 1.33 bits per heavy atom. The maximum Gasteiger partial charge on any atom is 0.0964 e. The molecule has 0 aromatic carbocycles. The van der Waals surface area contributed by atoms with Crippen LogP contribution in [0.15, 0.2) is 29.0 Å². The Kier molecular flexibility index (Phi) is 4.83. The predicted octanol–water partition coefficient (Wildman–Crippen LogP) is 1.98. The standard InChI is InChI=1S/C12H16BrN5/c1-2-5-14-7-12-9-18(17-16-12)8-11-4-3-10(13)6-15-11/h3-4,6,9,14H,2,5,7-8H2,1H3. The summed E-state index contributed by atoms with van der Waals surface area (Å²) in [7, 11) is 0. The molecule has 0 spiro atoms. The molecule has 6 heteroatoms. The highest BCUT2D eigenvalue weighted by Crippen LogP contribution is 2.08. The molecule has 0 aliphatic carbocycles. The number of pyridine rings is 1. The molecule has 2 rings (SSSR count). The fourth-order valence-electron chi connectivity index (χ4n) is 1.56. The van der Waals surface area contributed by atoms with E-state index in [1.807, 2.05) is 18.3 Å². The van der Waals surface area contributed by atoms with Crippen molar-refractivity contribution < 1.29 is 0 Å². The summed E-state index contributed by atoms with van der Waals surface area (Å²) in [6.45, 7) is 4.56. The summed E-state index contributed by atoms with van der Waals surface area (Å²) < 4.78 is 2.79. The van der Waals surface area contributed by atoms with Gasteiger partial charge in [0, 0.05) is 17.2 Å². The van der Waals surface area contributed by atoms with Gasteiger partial charge in [0.1, 0.15) is 0 Å². The molecular weight excluding hydrogens is 294 g/mol. The molecule has 2 aromatic heterocycles. The summed E-state index contributed by atoms with van der Waals surface area (Å²) in [5.41, 5.74) is 1.93. The third kappa shape index (κ3) is 3.89. The average Bonchev–Trinajstić information content (AvgIpc) is 2.80.